The fourth-order valence-electron chi connectivity index (χ4n) is 3.26. The second-order valence-electron chi connectivity index (χ2n) is 6.83. The first-order chi connectivity index (χ1) is 13.6. The smallest absolute Gasteiger partial charge is 0.277 e. The molecule has 1 N–H and O–H groups in total. The van der Waals surface area contributed by atoms with Crippen molar-refractivity contribution in [3.05, 3.63) is 47.3 Å². The maximum atomic E-state index is 11.9. The summed E-state index contributed by atoms with van der Waals surface area (Å²) in [5, 5.41) is 4.06. The van der Waals surface area contributed by atoms with Crippen LogP contribution in [0.3, 0.4) is 0 Å². The molecule has 0 aliphatic carbocycles. The number of amides is 1. The molecular formula is C21H27N3O4. The molecule has 28 heavy (non-hydrogen) atoms. The van der Waals surface area contributed by atoms with Gasteiger partial charge in [-0.2, -0.15) is 5.10 Å². The van der Waals surface area contributed by atoms with Crippen LogP contribution < -0.4 is 14.9 Å². The minimum absolute atomic E-state index is 0.109. The van der Waals surface area contributed by atoms with Crippen molar-refractivity contribution in [3.63, 3.8) is 0 Å². The number of nitrogens with zero attached hydrogens (tertiary/aromatic N) is 2. The SMILES string of the molecule is COc1ccc(OCC(=O)N/N=C\c2cc(C)n(C[C@@H]3CCCO3)c2C)cc1. The van der Waals surface area contributed by atoms with Crippen LogP contribution in [-0.2, 0) is 16.1 Å². The van der Waals surface area contributed by atoms with E-state index in [2.05, 4.69) is 35.0 Å². The Hall–Kier alpha value is -2.80. The van der Waals surface area contributed by atoms with Gasteiger partial charge in [-0.1, -0.05) is 0 Å². The van der Waals surface area contributed by atoms with E-state index in [-0.39, 0.29) is 18.6 Å². The predicted molar refractivity (Wildman–Crippen MR) is 107 cm³/mol. The van der Waals surface area contributed by atoms with Gasteiger partial charge >= 0.3 is 0 Å². The van der Waals surface area contributed by atoms with Crippen LogP contribution in [0.5, 0.6) is 11.5 Å². The van der Waals surface area contributed by atoms with Gasteiger partial charge in [0.15, 0.2) is 6.61 Å². The molecule has 1 aliphatic heterocycles. The third-order valence-electron chi connectivity index (χ3n) is 4.85. The molecule has 0 radical (unpaired) electrons. The van der Waals surface area contributed by atoms with Crippen LogP contribution in [0.25, 0.3) is 0 Å². The number of carbonyl (C=O) groups is 1. The van der Waals surface area contributed by atoms with Crippen molar-refractivity contribution < 1.29 is 19.0 Å². The molecule has 150 valence electrons. The van der Waals surface area contributed by atoms with Gasteiger partial charge in [0.1, 0.15) is 11.5 Å². The molecule has 1 amide bonds. The molecule has 0 bridgehead atoms. The maximum Gasteiger partial charge on any atom is 0.277 e. The van der Waals surface area contributed by atoms with E-state index >= 15 is 0 Å². The lowest BCUT2D eigenvalue weighted by Crippen LogP contribution is -2.24. The topological polar surface area (TPSA) is 74.1 Å². The van der Waals surface area contributed by atoms with Gasteiger partial charge in [-0.05, 0) is 57.0 Å². The van der Waals surface area contributed by atoms with E-state index in [0.717, 1.165) is 48.7 Å². The van der Waals surface area contributed by atoms with Crippen LogP contribution in [0, 0.1) is 13.8 Å². The van der Waals surface area contributed by atoms with Crippen LogP contribution >= 0.6 is 0 Å². The highest BCUT2D eigenvalue weighted by molar-refractivity contribution is 5.84. The number of benzene rings is 1. The van der Waals surface area contributed by atoms with E-state index in [9.17, 15) is 4.79 Å². The van der Waals surface area contributed by atoms with Gasteiger partial charge in [0, 0.05) is 30.1 Å². The van der Waals surface area contributed by atoms with E-state index in [1.165, 1.54) is 0 Å². The van der Waals surface area contributed by atoms with Gasteiger partial charge < -0.3 is 18.8 Å². The van der Waals surface area contributed by atoms with Crippen molar-refractivity contribution in [2.24, 2.45) is 5.10 Å². The summed E-state index contributed by atoms with van der Waals surface area (Å²) < 4.78 is 18.5. The first kappa shape index (κ1) is 19.9. The van der Waals surface area contributed by atoms with E-state index in [0.29, 0.717) is 5.75 Å². The van der Waals surface area contributed by atoms with Crippen molar-refractivity contribution in [2.75, 3.05) is 20.3 Å². The minimum atomic E-state index is -0.319. The number of rotatable bonds is 8. The standard InChI is InChI=1S/C21H27N3O4/c1-15-11-17(16(2)24(15)13-20-5-4-10-27-20)12-22-23-21(25)14-28-19-8-6-18(26-3)7-9-19/h6-9,11-12,20H,4-5,10,13-14H2,1-3H3,(H,23,25)/b22-12-/t20-/m0/s1. The van der Waals surface area contributed by atoms with E-state index in [1.54, 1.807) is 37.6 Å². The second-order valence-corrected chi connectivity index (χ2v) is 6.83. The lowest BCUT2D eigenvalue weighted by molar-refractivity contribution is -0.123. The molecule has 0 unspecified atom stereocenters. The Bertz CT molecular complexity index is 821. The number of ether oxygens (including phenoxy) is 3. The summed E-state index contributed by atoms with van der Waals surface area (Å²) in [6, 6.07) is 9.11. The highest BCUT2D eigenvalue weighted by atomic mass is 16.5. The number of hydrazone groups is 1. The van der Waals surface area contributed by atoms with Gasteiger partial charge in [-0.3, -0.25) is 4.79 Å². The fraction of sp³-hybridized carbons (Fsp3) is 0.429. The monoisotopic (exact) mass is 385 g/mol. The van der Waals surface area contributed by atoms with Crippen molar-refractivity contribution >= 4 is 12.1 Å². The molecule has 1 aromatic heterocycles. The molecule has 2 heterocycles. The van der Waals surface area contributed by atoms with E-state index in [1.807, 2.05) is 0 Å². The van der Waals surface area contributed by atoms with Gasteiger partial charge in [0.2, 0.25) is 0 Å². The molecule has 0 saturated carbocycles. The van der Waals surface area contributed by atoms with Crippen LogP contribution in [0.1, 0.15) is 29.8 Å². The molecule has 2 aromatic rings. The van der Waals surface area contributed by atoms with Crippen molar-refractivity contribution in [3.8, 4) is 11.5 Å². The molecule has 1 aliphatic rings. The normalized spacial score (nSPS) is 16.5. The number of hydrogen-bond acceptors (Lipinski definition) is 5. The molecular weight excluding hydrogens is 358 g/mol. The zero-order chi connectivity index (χ0) is 19.9. The van der Waals surface area contributed by atoms with Crippen molar-refractivity contribution in [2.45, 2.75) is 39.3 Å². The summed E-state index contributed by atoms with van der Waals surface area (Å²) in [6.07, 6.45) is 4.18. The Morgan fingerprint density at radius 2 is 2.07 bits per heavy atom. The number of methoxy groups -OCH3 is 1. The number of carbonyl (C=O) groups excluding carboxylic acids is 1. The average molecular weight is 385 g/mol. The Balaban J connectivity index is 1.50. The molecule has 3 rings (SSSR count). The zero-order valence-corrected chi connectivity index (χ0v) is 16.6. The first-order valence-electron chi connectivity index (χ1n) is 9.44. The summed E-state index contributed by atoms with van der Waals surface area (Å²) in [4.78, 5) is 11.9. The van der Waals surface area contributed by atoms with Crippen LogP contribution in [0.15, 0.2) is 35.4 Å². The lowest BCUT2D eigenvalue weighted by atomic mass is 10.2. The van der Waals surface area contributed by atoms with Crippen LogP contribution in [0.2, 0.25) is 0 Å². The van der Waals surface area contributed by atoms with Gasteiger partial charge in [-0.15, -0.1) is 0 Å². The molecule has 1 aromatic carbocycles. The fourth-order valence-corrected chi connectivity index (χ4v) is 3.26. The minimum Gasteiger partial charge on any atom is -0.497 e. The Morgan fingerprint density at radius 1 is 1.32 bits per heavy atom. The highest BCUT2D eigenvalue weighted by Gasteiger charge is 2.18. The van der Waals surface area contributed by atoms with E-state index < -0.39 is 0 Å². The molecule has 1 fully saturated rings. The number of nitrogens with one attached hydrogen (secondary N) is 1. The number of aromatic nitrogens is 1. The van der Waals surface area contributed by atoms with Crippen LogP contribution in [-0.4, -0.2) is 43.1 Å². The van der Waals surface area contributed by atoms with Gasteiger partial charge in [0.05, 0.1) is 19.4 Å². The molecule has 1 saturated heterocycles. The average Bonchev–Trinajstić information content (AvgIpc) is 3.31. The molecule has 7 heteroatoms. The molecule has 1 atom stereocenters. The highest BCUT2D eigenvalue weighted by Crippen LogP contribution is 2.19. The quantitative estimate of drug-likeness (QED) is 0.560. The molecule has 0 spiro atoms. The third-order valence-corrected chi connectivity index (χ3v) is 4.85. The summed E-state index contributed by atoms with van der Waals surface area (Å²) in [6.45, 7) is 5.72. The van der Waals surface area contributed by atoms with E-state index in [4.69, 9.17) is 14.2 Å². The maximum absolute atomic E-state index is 11.9. The number of aryl methyl sites for hydroxylation is 1. The van der Waals surface area contributed by atoms with Crippen molar-refractivity contribution in [1.82, 2.24) is 9.99 Å². The first-order valence-corrected chi connectivity index (χ1v) is 9.44. The zero-order valence-electron chi connectivity index (χ0n) is 16.6. The summed E-state index contributed by atoms with van der Waals surface area (Å²) in [7, 11) is 1.60. The summed E-state index contributed by atoms with van der Waals surface area (Å²) in [5.41, 5.74) is 5.75. The van der Waals surface area contributed by atoms with Gasteiger partial charge in [0.25, 0.3) is 5.91 Å². The Labute approximate surface area is 165 Å². The van der Waals surface area contributed by atoms with Crippen molar-refractivity contribution in [1.29, 1.82) is 0 Å². The van der Waals surface area contributed by atoms with Crippen LogP contribution in [0.4, 0.5) is 0 Å². The summed E-state index contributed by atoms with van der Waals surface area (Å²) in [5.74, 6) is 1.01. The third kappa shape index (κ3) is 5.13. The van der Waals surface area contributed by atoms with Gasteiger partial charge in [-0.25, -0.2) is 5.43 Å². The molecule has 7 nitrogen and oxygen atoms in total. The predicted octanol–water partition coefficient (Wildman–Crippen LogP) is 2.82. The second kappa shape index (κ2) is 9.41. The largest absolute Gasteiger partial charge is 0.497 e. The Kier molecular flexibility index (Phi) is 6.71. The summed E-state index contributed by atoms with van der Waals surface area (Å²) >= 11 is 0. The lowest BCUT2D eigenvalue weighted by Gasteiger charge is -2.14. The Morgan fingerprint density at radius 3 is 2.75 bits per heavy atom. The number of hydrogen-bond donors (Lipinski definition) is 1.